The number of aryl methyl sites for hydroxylation is 2. The van der Waals surface area contributed by atoms with Gasteiger partial charge in [-0.3, -0.25) is 9.48 Å². The Balaban J connectivity index is 2.11. The van der Waals surface area contributed by atoms with E-state index >= 15 is 0 Å². The van der Waals surface area contributed by atoms with Gasteiger partial charge in [0.25, 0.3) is 5.91 Å². The Morgan fingerprint density at radius 1 is 1.48 bits per heavy atom. The minimum Gasteiger partial charge on any atom is -0.497 e. The van der Waals surface area contributed by atoms with Gasteiger partial charge < -0.3 is 10.1 Å². The fourth-order valence-electron chi connectivity index (χ4n) is 2.11. The van der Waals surface area contributed by atoms with Gasteiger partial charge in [-0.25, -0.2) is 0 Å². The van der Waals surface area contributed by atoms with Crippen LogP contribution in [-0.4, -0.2) is 22.8 Å². The minimum absolute atomic E-state index is 0.147. The molecule has 0 unspecified atom stereocenters. The largest absolute Gasteiger partial charge is 0.497 e. The van der Waals surface area contributed by atoms with E-state index in [1.165, 1.54) is 0 Å². The topological polar surface area (TPSA) is 56.2 Å². The van der Waals surface area contributed by atoms with E-state index in [0.717, 1.165) is 22.2 Å². The van der Waals surface area contributed by atoms with Crippen LogP contribution < -0.4 is 10.1 Å². The number of nitrogens with one attached hydrogen (secondary N) is 1. The third kappa shape index (κ3) is 3.64. The van der Waals surface area contributed by atoms with Crippen molar-refractivity contribution in [1.82, 2.24) is 15.1 Å². The minimum atomic E-state index is -0.147. The lowest BCUT2D eigenvalue weighted by atomic mass is 10.2. The average molecular weight is 352 g/mol. The smallest absolute Gasteiger partial charge is 0.252 e. The second-order valence-electron chi connectivity index (χ2n) is 4.66. The Kier molecular flexibility index (Phi) is 5.01. The maximum Gasteiger partial charge on any atom is 0.252 e. The molecule has 1 aromatic heterocycles. The van der Waals surface area contributed by atoms with Crippen molar-refractivity contribution in [2.45, 2.75) is 19.9 Å². The molecule has 0 aliphatic carbocycles. The van der Waals surface area contributed by atoms with Crippen molar-refractivity contribution in [2.24, 2.45) is 7.05 Å². The van der Waals surface area contributed by atoms with Gasteiger partial charge in [0, 0.05) is 29.8 Å². The van der Waals surface area contributed by atoms with Crippen LogP contribution in [0.25, 0.3) is 0 Å². The molecule has 0 saturated carbocycles. The molecule has 0 aliphatic rings. The first-order valence-corrected chi connectivity index (χ1v) is 7.47. The van der Waals surface area contributed by atoms with Crippen molar-refractivity contribution in [3.05, 3.63) is 45.7 Å². The normalized spacial score (nSPS) is 10.5. The van der Waals surface area contributed by atoms with Gasteiger partial charge >= 0.3 is 0 Å². The van der Waals surface area contributed by atoms with Crippen LogP contribution in [0.1, 0.15) is 28.5 Å². The standard InChI is InChI=1S/C15H18BrN3O2/c1-4-14-10(9-19(2)18-14)8-17-15(20)12-7-11(21-3)5-6-13(12)16/h5-7,9H,4,8H2,1-3H3,(H,17,20). The van der Waals surface area contributed by atoms with Crippen molar-refractivity contribution in [3.63, 3.8) is 0 Å². The third-order valence-corrected chi connectivity index (χ3v) is 3.88. The second kappa shape index (κ2) is 6.76. The Morgan fingerprint density at radius 2 is 2.24 bits per heavy atom. The molecule has 0 atom stereocenters. The Morgan fingerprint density at radius 3 is 2.90 bits per heavy atom. The molecule has 6 heteroatoms. The summed E-state index contributed by atoms with van der Waals surface area (Å²) in [5.41, 5.74) is 2.59. The highest BCUT2D eigenvalue weighted by Crippen LogP contribution is 2.22. The van der Waals surface area contributed by atoms with Crippen molar-refractivity contribution >= 4 is 21.8 Å². The maximum absolute atomic E-state index is 12.3. The first kappa shape index (κ1) is 15.6. The third-order valence-electron chi connectivity index (χ3n) is 3.18. The number of ether oxygens (including phenoxy) is 1. The van der Waals surface area contributed by atoms with Crippen LogP contribution in [0.5, 0.6) is 5.75 Å². The summed E-state index contributed by atoms with van der Waals surface area (Å²) < 4.78 is 7.65. The zero-order valence-corrected chi connectivity index (χ0v) is 13.9. The van der Waals surface area contributed by atoms with E-state index in [1.54, 1.807) is 30.0 Å². The molecule has 0 aliphatic heterocycles. The van der Waals surface area contributed by atoms with Gasteiger partial charge in [0.05, 0.1) is 18.4 Å². The molecule has 21 heavy (non-hydrogen) atoms. The summed E-state index contributed by atoms with van der Waals surface area (Å²) in [6.07, 6.45) is 2.77. The molecule has 0 radical (unpaired) electrons. The van der Waals surface area contributed by atoms with Crippen LogP contribution in [0, 0.1) is 0 Å². The number of aromatic nitrogens is 2. The summed E-state index contributed by atoms with van der Waals surface area (Å²) in [7, 11) is 3.46. The molecule has 1 N–H and O–H groups in total. The number of rotatable bonds is 5. The monoisotopic (exact) mass is 351 g/mol. The van der Waals surface area contributed by atoms with Gasteiger partial charge in [0.15, 0.2) is 0 Å². The lowest BCUT2D eigenvalue weighted by Gasteiger charge is -2.08. The summed E-state index contributed by atoms with van der Waals surface area (Å²) in [4.78, 5) is 12.3. The van der Waals surface area contributed by atoms with Gasteiger partial charge in [-0.05, 0) is 40.5 Å². The predicted octanol–water partition coefficient (Wildman–Crippen LogP) is 2.68. The first-order chi connectivity index (χ1) is 10.0. The summed E-state index contributed by atoms with van der Waals surface area (Å²) >= 11 is 3.39. The molecule has 1 heterocycles. The quantitative estimate of drug-likeness (QED) is 0.900. The van der Waals surface area contributed by atoms with Crippen LogP contribution in [0.2, 0.25) is 0 Å². The molecule has 0 saturated heterocycles. The van der Waals surface area contributed by atoms with Crippen LogP contribution in [-0.2, 0) is 20.0 Å². The molecule has 112 valence electrons. The average Bonchev–Trinajstić information content (AvgIpc) is 2.85. The Labute approximate surface area is 132 Å². The summed E-state index contributed by atoms with van der Waals surface area (Å²) in [6.45, 7) is 2.51. The molecule has 0 bridgehead atoms. The molecule has 2 rings (SSSR count). The van der Waals surface area contributed by atoms with Crippen molar-refractivity contribution < 1.29 is 9.53 Å². The van der Waals surface area contributed by atoms with E-state index in [2.05, 4.69) is 26.3 Å². The molecule has 5 nitrogen and oxygen atoms in total. The lowest BCUT2D eigenvalue weighted by molar-refractivity contribution is 0.0949. The molecule has 0 spiro atoms. The number of halogens is 1. The molecule has 2 aromatic rings. The Hall–Kier alpha value is -1.82. The van der Waals surface area contributed by atoms with E-state index in [-0.39, 0.29) is 5.91 Å². The number of hydrogen-bond donors (Lipinski definition) is 1. The number of benzene rings is 1. The predicted molar refractivity (Wildman–Crippen MR) is 84.5 cm³/mol. The van der Waals surface area contributed by atoms with Crippen molar-refractivity contribution in [2.75, 3.05) is 7.11 Å². The summed E-state index contributed by atoms with van der Waals surface area (Å²) in [6, 6.07) is 5.32. The number of carbonyl (C=O) groups excluding carboxylic acids is 1. The number of hydrogen-bond acceptors (Lipinski definition) is 3. The highest BCUT2D eigenvalue weighted by molar-refractivity contribution is 9.10. The molecule has 1 aromatic carbocycles. The molecule has 1 amide bonds. The highest BCUT2D eigenvalue weighted by Gasteiger charge is 2.13. The highest BCUT2D eigenvalue weighted by atomic mass is 79.9. The van der Waals surface area contributed by atoms with Crippen LogP contribution in [0.15, 0.2) is 28.9 Å². The zero-order chi connectivity index (χ0) is 15.4. The van der Waals surface area contributed by atoms with E-state index in [1.807, 2.05) is 20.2 Å². The van der Waals surface area contributed by atoms with E-state index in [9.17, 15) is 4.79 Å². The van der Waals surface area contributed by atoms with E-state index < -0.39 is 0 Å². The van der Waals surface area contributed by atoms with Gasteiger partial charge in [0.2, 0.25) is 0 Å². The van der Waals surface area contributed by atoms with Gasteiger partial charge in [-0.2, -0.15) is 5.10 Å². The maximum atomic E-state index is 12.3. The fraction of sp³-hybridized carbons (Fsp3) is 0.333. The number of carbonyl (C=O) groups is 1. The molecular weight excluding hydrogens is 334 g/mol. The van der Waals surface area contributed by atoms with Gasteiger partial charge in [-0.15, -0.1) is 0 Å². The zero-order valence-electron chi connectivity index (χ0n) is 12.3. The van der Waals surface area contributed by atoms with Gasteiger partial charge in [-0.1, -0.05) is 6.92 Å². The van der Waals surface area contributed by atoms with Crippen molar-refractivity contribution in [1.29, 1.82) is 0 Å². The number of amides is 1. The van der Waals surface area contributed by atoms with Gasteiger partial charge in [0.1, 0.15) is 5.75 Å². The summed E-state index contributed by atoms with van der Waals surface area (Å²) in [5.74, 6) is 0.505. The number of nitrogens with zero attached hydrogens (tertiary/aromatic N) is 2. The molecular formula is C15H18BrN3O2. The summed E-state index contributed by atoms with van der Waals surface area (Å²) in [5, 5.41) is 7.28. The van der Waals surface area contributed by atoms with E-state index in [4.69, 9.17) is 4.74 Å². The fourth-order valence-corrected chi connectivity index (χ4v) is 2.53. The van der Waals surface area contributed by atoms with Crippen LogP contribution >= 0.6 is 15.9 Å². The number of methoxy groups -OCH3 is 1. The van der Waals surface area contributed by atoms with Crippen molar-refractivity contribution in [3.8, 4) is 5.75 Å². The van der Waals surface area contributed by atoms with Crippen LogP contribution in [0.4, 0.5) is 0 Å². The first-order valence-electron chi connectivity index (χ1n) is 6.68. The van der Waals surface area contributed by atoms with E-state index in [0.29, 0.717) is 17.9 Å². The second-order valence-corrected chi connectivity index (χ2v) is 5.51. The van der Waals surface area contributed by atoms with Crippen LogP contribution in [0.3, 0.4) is 0 Å². The Bertz CT molecular complexity index is 652. The lowest BCUT2D eigenvalue weighted by Crippen LogP contribution is -2.23. The molecule has 0 fully saturated rings. The SMILES string of the molecule is CCc1nn(C)cc1CNC(=O)c1cc(OC)ccc1Br.